The maximum Gasteiger partial charge on any atom is 0.328 e. The Balaban J connectivity index is 2.38. The van der Waals surface area contributed by atoms with Crippen LogP contribution >= 0.6 is 11.6 Å². The summed E-state index contributed by atoms with van der Waals surface area (Å²) in [4.78, 5) is 10.6. The molecule has 0 radical (unpaired) electrons. The number of halogens is 3. The minimum absolute atomic E-state index is 0.0481. The molecule has 0 fully saturated rings. The molecule has 0 saturated carbocycles. The van der Waals surface area contributed by atoms with E-state index in [1.807, 2.05) is 0 Å². The number of carboxylic acid groups (broad SMARTS) is 1. The van der Waals surface area contributed by atoms with Crippen molar-refractivity contribution in [1.82, 2.24) is 0 Å². The van der Waals surface area contributed by atoms with Gasteiger partial charge < -0.3 is 9.84 Å². The number of benzene rings is 2. The summed E-state index contributed by atoms with van der Waals surface area (Å²) in [5.41, 5.74) is 0.398. The Labute approximate surface area is 124 Å². The van der Waals surface area contributed by atoms with E-state index in [9.17, 15) is 13.6 Å². The van der Waals surface area contributed by atoms with Gasteiger partial charge in [-0.15, -0.1) is 0 Å². The summed E-state index contributed by atoms with van der Waals surface area (Å²) in [7, 11) is 0. The van der Waals surface area contributed by atoms with E-state index in [2.05, 4.69) is 0 Å². The van der Waals surface area contributed by atoms with Crippen LogP contribution in [0.3, 0.4) is 0 Å². The summed E-state index contributed by atoms with van der Waals surface area (Å²) in [5, 5.41) is 8.85. The van der Waals surface area contributed by atoms with Gasteiger partial charge in [-0.1, -0.05) is 23.7 Å². The van der Waals surface area contributed by atoms with E-state index >= 15 is 0 Å². The molecule has 6 heteroatoms. The number of hydrogen-bond donors (Lipinski definition) is 1. The van der Waals surface area contributed by atoms with E-state index in [1.54, 1.807) is 12.1 Å². The van der Waals surface area contributed by atoms with E-state index in [4.69, 9.17) is 21.4 Å². The molecule has 108 valence electrons. The number of ether oxygens (including phenoxy) is 1. The van der Waals surface area contributed by atoms with Crippen molar-refractivity contribution < 1.29 is 23.4 Å². The van der Waals surface area contributed by atoms with Crippen LogP contribution < -0.4 is 4.74 Å². The molecule has 2 aromatic carbocycles. The van der Waals surface area contributed by atoms with Gasteiger partial charge in [-0.2, -0.15) is 0 Å². The van der Waals surface area contributed by atoms with Gasteiger partial charge in [0.25, 0.3) is 0 Å². The summed E-state index contributed by atoms with van der Waals surface area (Å²) in [6, 6.07) is 7.78. The van der Waals surface area contributed by atoms with Crippen LogP contribution in [-0.2, 0) is 4.79 Å². The Hall–Kier alpha value is -2.40. The zero-order valence-electron chi connectivity index (χ0n) is 10.5. The van der Waals surface area contributed by atoms with Crippen molar-refractivity contribution in [2.75, 3.05) is 0 Å². The van der Waals surface area contributed by atoms with E-state index < -0.39 is 17.6 Å². The molecule has 0 saturated heterocycles. The highest BCUT2D eigenvalue weighted by atomic mass is 35.5. The van der Waals surface area contributed by atoms with Gasteiger partial charge in [-0.05, 0) is 24.3 Å². The molecule has 0 aliphatic carbocycles. The van der Waals surface area contributed by atoms with Gasteiger partial charge in [0.05, 0.1) is 5.02 Å². The first-order chi connectivity index (χ1) is 9.97. The van der Waals surface area contributed by atoms with Crippen molar-refractivity contribution in [3.05, 3.63) is 64.7 Å². The molecule has 0 spiro atoms. The average Bonchev–Trinajstić information content (AvgIpc) is 2.43. The van der Waals surface area contributed by atoms with E-state index in [0.717, 1.165) is 18.2 Å². The van der Waals surface area contributed by atoms with Crippen LogP contribution in [-0.4, -0.2) is 11.1 Å². The zero-order chi connectivity index (χ0) is 15.4. The third-order valence-corrected chi connectivity index (χ3v) is 2.81. The van der Waals surface area contributed by atoms with Crippen molar-refractivity contribution in [2.24, 2.45) is 0 Å². The van der Waals surface area contributed by atoms with Gasteiger partial charge in [0.2, 0.25) is 0 Å². The second-order valence-electron chi connectivity index (χ2n) is 4.01. The molecule has 21 heavy (non-hydrogen) atoms. The number of rotatable bonds is 4. The van der Waals surface area contributed by atoms with Crippen molar-refractivity contribution in [3.63, 3.8) is 0 Å². The van der Waals surface area contributed by atoms with Crippen molar-refractivity contribution in [2.45, 2.75) is 0 Å². The molecule has 2 rings (SSSR count). The molecule has 0 aliphatic rings. The minimum Gasteiger partial charge on any atom is -0.478 e. The molecule has 0 aliphatic heterocycles. The number of carbonyl (C=O) groups is 1. The smallest absolute Gasteiger partial charge is 0.328 e. The highest BCUT2D eigenvalue weighted by molar-refractivity contribution is 6.32. The summed E-state index contributed by atoms with van der Waals surface area (Å²) in [5.74, 6) is -2.97. The van der Waals surface area contributed by atoms with Crippen molar-refractivity contribution in [3.8, 4) is 11.5 Å². The second kappa shape index (κ2) is 6.37. The summed E-state index contributed by atoms with van der Waals surface area (Å²) in [6.07, 6.45) is 2.22. The van der Waals surface area contributed by atoms with Crippen LogP contribution in [0.4, 0.5) is 8.78 Å². The molecule has 0 bridgehead atoms. The van der Waals surface area contributed by atoms with Gasteiger partial charge in [-0.3, -0.25) is 0 Å². The Bertz CT molecular complexity index is 714. The summed E-state index contributed by atoms with van der Waals surface area (Å²) >= 11 is 5.99. The van der Waals surface area contributed by atoms with Crippen LogP contribution in [0.5, 0.6) is 11.5 Å². The molecule has 1 N–H and O–H groups in total. The van der Waals surface area contributed by atoms with E-state index in [0.29, 0.717) is 5.56 Å². The van der Waals surface area contributed by atoms with Crippen molar-refractivity contribution >= 4 is 23.6 Å². The van der Waals surface area contributed by atoms with Crippen LogP contribution in [0.25, 0.3) is 6.08 Å². The van der Waals surface area contributed by atoms with Crippen molar-refractivity contribution in [1.29, 1.82) is 0 Å². The molecule has 3 nitrogen and oxygen atoms in total. The zero-order valence-corrected chi connectivity index (χ0v) is 11.3. The van der Waals surface area contributed by atoms with Gasteiger partial charge in [0.1, 0.15) is 5.75 Å². The molecular formula is C15H9ClF2O3. The fraction of sp³-hybridized carbons (Fsp3) is 0. The fourth-order valence-corrected chi connectivity index (χ4v) is 1.80. The molecule has 0 amide bonds. The summed E-state index contributed by atoms with van der Waals surface area (Å²) in [6.45, 7) is 0. The van der Waals surface area contributed by atoms with Gasteiger partial charge in [0.15, 0.2) is 17.4 Å². The normalized spacial score (nSPS) is 10.8. The minimum atomic E-state index is -1.13. The molecule has 0 atom stereocenters. The maximum absolute atomic E-state index is 13.2. The third-order valence-electron chi connectivity index (χ3n) is 2.51. The maximum atomic E-state index is 13.2. The third kappa shape index (κ3) is 3.79. The number of hydrogen-bond acceptors (Lipinski definition) is 2. The predicted octanol–water partition coefficient (Wildman–Crippen LogP) is 4.51. The van der Waals surface area contributed by atoms with E-state index in [-0.39, 0.29) is 16.5 Å². The lowest BCUT2D eigenvalue weighted by Gasteiger charge is -2.10. The van der Waals surface area contributed by atoms with Crippen LogP contribution in [0, 0.1) is 11.6 Å². The Morgan fingerprint density at radius 2 is 1.95 bits per heavy atom. The van der Waals surface area contributed by atoms with Gasteiger partial charge in [0, 0.05) is 17.7 Å². The van der Waals surface area contributed by atoms with Gasteiger partial charge in [-0.25, -0.2) is 13.6 Å². The Kier molecular flexibility index (Phi) is 4.55. The molecule has 0 unspecified atom stereocenters. The molecule has 2 aromatic rings. The number of aliphatic carboxylic acids is 1. The van der Waals surface area contributed by atoms with E-state index in [1.165, 1.54) is 18.2 Å². The molecular weight excluding hydrogens is 302 g/mol. The fourth-order valence-electron chi connectivity index (χ4n) is 1.58. The highest BCUT2D eigenvalue weighted by Gasteiger charge is 2.10. The Morgan fingerprint density at radius 3 is 2.62 bits per heavy atom. The summed E-state index contributed by atoms with van der Waals surface area (Å²) < 4.78 is 31.5. The monoisotopic (exact) mass is 310 g/mol. The number of carboxylic acids is 1. The Morgan fingerprint density at radius 1 is 1.19 bits per heavy atom. The quantitative estimate of drug-likeness (QED) is 0.845. The first-order valence-electron chi connectivity index (χ1n) is 5.80. The van der Waals surface area contributed by atoms with Crippen LogP contribution in [0.2, 0.25) is 5.02 Å². The lowest BCUT2D eigenvalue weighted by Crippen LogP contribution is -1.92. The van der Waals surface area contributed by atoms with Crippen LogP contribution in [0.15, 0.2) is 42.5 Å². The predicted molar refractivity (Wildman–Crippen MR) is 74.6 cm³/mol. The topological polar surface area (TPSA) is 46.5 Å². The highest BCUT2D eigenvalue weighted by Crippen LogP contribution is 2.34. The lowest BCUT2D eigenvalue weighted by molar-refractivity contribution is -0.131. The standard InChI is InChI=1S/C15H9ClF2O3/c16-11-3-1-2-9(4-7-14(19)20)15(11)21-10-5-6-12(17)13(18)8-10/h1-8H,(H,19,20)/b7-4+. The molecule has 0 heterocycles. The van der Waals surface area contributed by atoms with Gasteiger partial charge >= 0.3 is 5.97 Å². The SMILES string of the molecule is O=C(O)/C=C/c1cccc(Cl)c1Oc1ccc(F)c(F)c1. The number of para-hydroxylation sites is 1. The largest absolute Gasteiger partial charge is 0.478 e. The second-order valence-corrected chi connectivity index (χ2v) is 4.41. The lowest BCUT2D eigenvalue weighted by atomic mass is 10.2. The average molecular weight is 311 g/mol. The molecule has 0 aromatic heterocycles. The first kappa shape index (κ1) is 15.0. The first-order valence-corrected chi connectivity index (χ1v) is 6.17. The van der Waals surface area contributed by atoms with Crippen LogP contribution in [0.1, 0.15) is 5.56 Å².